The predicted molar refractivity (Wildman–Crippen MR) is 142 cm³/mol. The highest BCUT2D eigenvalue weighted by molar-refractivity contribution is 5.93. The van der Waals surface area contributed by atoms with Crippen molar-refractivity contribution in [2.24, 2.45) is 5.73 Å². The van der Waals surface area contributed by atoms with E-state index in [4.69, 9.17) is 10.5 Å². The van der Waals surface area contributed by atoms with Gasteiger partial charge in [0.2, 0.25) is 17.7 Å². The van der Waals surface area contributed by atoms with Gasteiger partial charge in [-0.1, -0.05) is 44.9 Å². The van der Waals surface area contributed by atoms with Crippen LogP contribution in [0.1, 0.15) is 91.7 Å². The molecule has 0 heterocycles. The van der Waals surface area contributed by atoms with E-state index in [9.17, 15) is 24.3 Å². The van der Waals surface area contributed by atoms with Crippen molar-refractivity contribution in [3.8, 4) is 5.75 Å². The summed E-state index contributed by atoms with van der Waals surface area (Å²) in [4.78, 5) is 53.0. The highest BCUT2D eigenvalue weighted by atomic mass is 16.6. The molecule has 5 N–H and O–H groups in total. The minimum Gasteiger partial charge on any atom is -0.508 e. The van der Waals surface area contributed by atoms with Gasteiger partial charge < -0.3 is 31.1 Å². The van der Waals surface area contributed by atoms with Crippen molar-refractivity contribution in [2.75, 3.05) is 6.54 Å². The lowest BCUT2D eigenvalue weighted by molar-refractivity contribution is -0.143. The van der Waals surface area contributed by atoms with Crippen molar-refractivity contribution >= 4 is 23.8 Å². The number of ether oxygens (including phenoxy) is 1. The maximum absolute atomic E-state index is 13.9. The van der Waals surface area contributed by atoms with E-state index < -0.39 is 41.5 Å². The number of carbonyl (C=O) groups excluding carboxylic acids is 4. The van der Waals surface area contributed by atoms with Gasteiger partial charge in [0.15, 0.2) is 0 Å². The largest absolute Gasteiger partial charge is 0.508 e. The summed E-state index contributed by atoms with van der Waals surface area (Å²) in [6.07, 6.45) is 1.84. The van der Waals surface area contributed by atoms with Gasteiger partial charge in [-0.3, -0.25) is 14.4 Å². The third-order valence-electron chi connectivity index (χ3n) is 5.61. The van der Waals surface area contributed by atoms with E-state index in [1.54, 1.807) is 39.0 Å². The molecule has 0 aliphatic rings. The summed E-state index contributed by atoms with van der Waals surface area (Å²) in [5, 5.41) is 16.1. The highest BCUT2D eigenvalue weighted by Crippen LogP contribution is 2.30. The Morgan fingerprint density at radius 3 is 2.24 bits per heavy atom. The maximum Gasteiger partial charge on any atom is 0.408 e. The third-order valence-corrected chi connectivity index (χ3v) is 5.61. The number of carbonyl (C=O) groups is 4. The third kappa shape index (κ3) is 11.1. The molecule has 1 rings (SSSR count). The van der Waals surface area contributed by atoms with E-state index in [1.165, 1.54) is 11.0 Å². The van der Waals surface area contributed by atoms with Gasteiger partial charge >= 0.3 is 6.09 Å². The van der Waals surface area contributed by atoms with Gasteiger partial charge in [-0.25, -0.2) is 4.79 Å². The number of phenols is 1. The Balaban J connectivity index is 3.50. The summed E-state index contributed by atoms with van der Waals surface area (Å²) >= 11 is 0. The normalized spacial score (nSPS) is 13.7. The molecule has 37 heavy (non-hydrogen) atoms. The second-order valence-electron chi connectivity index (χ2n) is 10.2. The molecule has 0 spiro atoms. The fraction of sp³-hybridized carbons (Fsp3) is 0.630. The summed E-state index contributed by atoms with van der Waals surface area (Å²) in [5.74, 6) is -1.79. The minimum atomic E-state index is -1.17. The van der Waals surface area contributed by atoms with Crippen molar-refractivity contribution in [3.63, 3.8) is 0 Å². The first-order valence-corrected chi connectivity index (χ1v) is 13.0. The molecule has 1 aromatic rings. The first-order chi connectivity index (χ1) is 17.3. The van der Waals surface area contributed by atoms with Crippen LogP contribution >= 0.6 is 0 Å². The fourth-order valence-corrected chi connectivity index (χ4v) is 3.89. The molecule has 4 amide bonds. The fourth-order valence-electron chi connectivity index (χ4n) is 3.89. The molecule has 3 unspecified atom stereocenters. The molecule has 10 nitrogen and oxygen atoms in total. The smallest absolute Gasteiger partial charge is 0.408 e. The Hall–Kier alpha value is -3.30. The van der Waals surface area contributed by atoms with Crippen molar-refractivity contribution in [1.82, 2.24) is 15.5 Å². The summed E-state index contributed by atoms with van der Waals surface area (Å²) in [7, 11) is 0. The second-order valence-corrected chi connectivity index (χ2v) is 10.2. The maximum atomic E-state index is 13.9. The molecule has 1 aromatic carbocycles. The van der Waals surface area contributed by atoms with E-state index >= 15 is 0 Å². The monoisotopic (exact) mass is 520 g/mol. The number of nitrogens with two attached hydrogens (primary N) is 1. The van der Waals surface area contributed by atoms with Crippen LogP contribution in [-0.2, 0) is 19.1 Å². The van der Waals surface area contributed by atoms with E-state index in [2.05, 4.69) is 10.6 Å². The van der Waals surface area contributed by atoms with Crippen LogP contribution in [0.5, 0.6) is 5.75 Å². The van der Waals surface area contributed by atoms with Gasteiger partial charge in [0.05, 0.1) is 0 Å². The van der Waals surface area contributed by atoms with Crippen LogP contribution in [-0.4, -0.2) is 58.1 Å². The van der Waals surface area contributed by atoms with Crippen LogP contribution in [0, 0.1) is 0 Å². The summed E-state index contributed by atoms with van der Waals surface area (Å²) in [6, 6.07) is 3.87. The number of alkyl carbamates (subject to hydrolysis) is 1. The average molecular weight is 521 g/mol. The Morgan fingerprint density at radius 1 is 1.05 bits per heavy atom. The molecule has 0 saturated carbocycles. The minimum absolute atomic E-state index is 0.0720. The first kappa shape index (κ1) is 31.7. The lowest BCUT2D eigenvalue weighted by Gasteiger charge is -2.35. The van der Waals surface area contributed by atoms with E-state index in [0.29, 0.717) is 6.42 Å². The topological polar surface area (TPSA) is 151 Å². The zero-order valence-electron chi connectivity index (χ0n) is 23.0. The van der Waals surface area contributed by atoms with Gasteiger partial charge in [-0.05, 0) is 53.0 Å². The number of amides is 4. The van der Waals surface area contributed by atoms with Gasteiger partial charge in [-0.15, -0.1) is 0 Å². The molecular weight excluding hydrogens is 476 g/mol. The lowest BCUT2D eigenvalue weighted by atomic mass is 9.99. The van der Waals surface area contributed by atoms with Crippen LogP contribution in [0.4, 0.5) is 4.79 Å². The van der Waals surface area contributed by atoms with E-state index in [0.717, 1.165) is 19.3 Å². The van der Waals surface area contributed by atoms with Crippen LogP contribution in [0.3, 0.4) is 0 Å². The Morgan fingerprint density at radius 2 is 1.70 bits per heavy atom. The number of phenolic OH excluding ortho intramolecular Hbond substituents is 1. The average Bonchev–Trinajstić information content (AvgIpc) is 2.78. The molecule has 0 radical (unpaired) electrons. The quantitative estimate of drug-likeness (QED) is 0.295. The number of aromatic hydroxyl groups is 1. The van der Waals surface area contributed by atoms with Crippen LogP contribution in [0.2, 0.25) is 0 Å². The van der Waals surface area contributed by atoms with Crippen LogP contribution in [0.15, 0.2) is 24.3 Å². The number of para-hydroxylation sites is 1. The van der Waals surface area contributed by atoms with Crippen molar-refractivity contribution < 1.29 is 29.0 Å². The number of unbranched alkanes of at least 4 members (excludes halogenated alkanes) is 1. The standard InChI is InChI=1S/C27H44N4O6/c1-7-9-17-31(25(35)20(15-16-22(28)33)30-26(36)37-27(4,5)6)23(19-13-10-11-14-21(19)32)24(34)29-18(3)12-8-2/h10-11,13-14,18,20,23,32H,7-9,12,15-17H2,1-6H3,(H2,28,33)(H,29,34)(H,30,36). The molecule has 3 atom stereocenters. The Bertz CT molecular complexity index is 914. The molecule has 0 fully saturated rings. The summed E-state index contributed by atoms with van der Waals surface area (Å²) < 4.78 is 5.32. The molecule has 0 saturated heterocycles. The molecule has 0 aliphatic heterocycles. The number of primary amides is 1. The van der Waals surface area contributed by atoms with Crippen molar-refractivity contribution in [1.29, 1.82) is 0 Å². The number of rotatable bonds is 14. The SMILES string of the molecule is CCCCN(C(=O)C(CCC(N)=O)NC(=O)OC(C)(C)C)C(C(=O)NC(C)CCC)c1ccccc1O. The van der Waals surface area contributed by atoms with Crippen molar-refractivity contribution in [3.05, 3.63) is 29.8 Å². The van der Waals surface area contributed by atoms with Gasteiger partial charge in [0, 0.05) is 24.6 Å². The second kappa shape index (κ2) is 15.1. The zero-order valence-corrected chi connectivity index (χ0v) is 23.0. The van der Waals surface area contributed by atoms with Gasteiger partial charge in [-0.2, -0.15) is 0 Å². The number of nitrogens with zero attached hydrogens (tertiary/aromatic N) is 1. The predicted octanol–water partition coefficient (Wildman–Crippen LogP) is 3.53. The van der Waals surface area contributed by atoms with Gasteiger partial charge in [0.1, 0.15) is 23.4 Å². The van der Waals surface area contributed by atoms with Crippen LogP contribution < -0.4 is 16.4 Å². The summed E-state index contributed by atoms with van der Waals surface area (Å²) in [6.45, 7) is 11.1. The van der Waals surface area contributed by atoms with E-state index in [-0.39, 0.29) is 36.7 Å². The van der Waals surface area contributed by atoms with Crippen molar-refractivity contribution in [2.45, 2.75) is 104 Å². The highest BCUT2D eigenvalue weighted by Gasteiger charge is 2.37. The molecule has 0 aliphatic carbocycles. The number of nitrogens with one attached hydrogen (secondary N) is 2. The summed E-state index contributed by atoms with van der Waals surface area (Å²) in [5.41, 5.74) is 4.78. The molecular formula is C27H44N4O6. The molecule has 0 aromatic heterocycles. The zero-order chi connectivity index (χ0) is 28.2. The first-order valence-electron chi connectivity index (χ1n) is 13.0. The Kier molecular flexibility index (Phi) is 12.9. The molecule has 10 heteroatoms. The number of hydrogen-bond acceptors (Lipinski definition) is 6. The molecule has 208 valence electrons. The van der Waals surface area contributed by atoms with Gasteiger partial charge in [0.25, 0.3) is 0 Å². The Labute approximate surface area is 220 Å². The number of benzene rings is 1. The van der Waals surface area contributed by atoms with E-state index in [1.807, 2.05) is 20.8 Å². The number of hydrogen-bond donors (Lipinski definition) is 4. The molecule has 0 bridgehead atoms. The van der Waals surface area contributed by atoms with Crippen LogP contribution in [0.25, 0.3) is 0 Å². The lowest BCUT2D eigenvalue weighted by Crippen LogP contribution is -2.54.